The van der Waals surface area contributed by atoms with Gasteiger partial charge in [0.25, 0.3) is 0 Å². The minimum absolute atomic E-state index is 0.455. The summed E-state index contributed by atoms with van der Waals surface area (Å²) in [4.78, 5) is 38.4. The Morgan fingerprint density at radius 3 is 2.33 bits per heavy atom. The molecule has 0 aromatic carbocycles. The molecule has 24 heavy (non-hydrogen) atoms. The molecule has 0 aliphatic carbocycles. The maximum atomic E-state index is 12.2. The van der Waals surface area contributed by atoms with E-state index in [1.807, 2.05) is 4.90 Å². The van der Waals surface area contributed by atoms with E-state index < -0.39 is 11.8 Å². The topological polar surface area (TPSA) is 81.7 Å². The number of rotatable bonds is 6. The van der Waals surface area contributed by atoms with E-state index in [0.29, 0.717) is 38.7 Å². The molecule has 0 radical (unpaired) electrons. The lowest BCUT2D eigenvalue weighted by Crippen LogP contribution is -2.53. The van der Waals surface area contributed by atoms with Crippen LogP contribution in [0, 0.1) is 0 Å². The molecule has 0 saturated carbocycles. The number of nitrogens with zero attached hydrogens (tertiary/aromatic N) is 5. The molecule has 0 atom stereocenters. The zero-order valence-corrected chi connectivity index (χ0v) is 14.4. The minimum atomic E-state index is -0.522. The van der Waals surface area contributed by atoms with E-state index in [0.717, 1.165) is 19.6 Å². The Bertz CT molecular complexity index is 527. The largest absolute Gasteiger partial charge is 0.347 e. The summed E-state index contributed by atoms with van der Waals surface area (Å²) in [7, 11) is 0. The van der Waals surface area contributed by atoms with Crippen molar-refractivity contribution in [2.45, 2.75) is 13.8 Å². The van der Waals surface area contributed by atoms with Crippen LogP contribution in [0.4, 0.5) is 5.95 Å². The summed E-state index contributed by atoms with van der Waals surface area (Å²) in [5.41, 5.74) is 0. The lowest BCUT2D eigenvalue weighted by atomic mass is 10.3. The maximum absolute atomic E-state index is 12.2. The van der Waals surface area contributed by atoms with Gasteiger partial charge in [-0.05, 0) is 19.2 Å². The Kier molecular flexibility index (Phi) is 6.92. The van der Waals surface area contributed by atoms with Gasteiger partial charge in [-0.15, -0.1) is 0 Å². The Morgan fingerprint density at radius 2 is 1.75 bits per heavy atom. The van der Waals surface area contributed by atoms with Crippen LogP contribution in [-0.2, 0) is 9.59 Å². The normalized spacial score (nSPS) is 14.8. The fourth-order valence-electron chi connectivity index (χ4n) is 2.65. The van der Waals surface area contributed by atoms with Crippen molar-refractivity contribution in [2.75, 3.05) is 57.3 Å². The van der Waals surface area contributed by atoms with Crippen LogP contribution in [-0.4, -0.2) is 83.9 Å². The van der Waals surface area contributed by atoms with Gasteiger partial charge < -0.3 is 20.0 Å². The van der Waals surface area contributed by atoms with Gasteiger partial charge in [0, 0.05) is 51.7 Å². The van der Waals surface area contributed by atoms with Crippen molar-refractivity contribution in [3.05, 3.63) is 18.5 Å². The Morgan fingerprint density at radius 1 is 1.12 bits per heavy atom. The van der Waals surface area contributed by atoms with E-state index in [1.165, 1.54) is 0 Å². The molecule has 2 heterocycles. The number of anilines is 1. The summed E-state index contributed by atoms with van der Waals surface area (Å²) < 4.78 is 0. The summed E-state index contributed by atoms with van der Waals surface area (Å²) in [5, 5.41) is 2.71. The van der Waals surface area contributed by atoms with Crippen molar-refractivity contribution in [2.24, 2.45) is 0 Å². The van der Waals surface area contributed by atoms with Crippen LogP contribution in [0.2, 0.25) is 0 Å². The molecule has 2 amide bonds. The second-order valence-electron chi connectivity index (χ2n) is 5.61. The number of carbonyl (C=O) groups excluding carboxylic acids is 2. The minimum Gasteiger partial charge on any atom is -0.347 e. The molecule has 1 N–H and O–H groups in total. The molecule has 1 aromatic heterocycles. The number of nitrogens with one attached hydrogen (secondary N) is 1. The average molecular weight is 334 g/mol. The Hall–Kier alpha value is -2.22. The molecule has 1 aliphatic rings. The average Bonchev–Trinajstić information content (AvgIpc) is 2.65. The van der Waals surface area contributed by atoms with Crippen LogP contribution in [0.3, 0.4) is 0 Å². The first-order valence-corrected chi connectivity index (χ1v) is 8.47. The van der Waals surface area contributed by atoms with Crippen molar-refractivity contribution >= 4 is 17.8 Å². The van der Waals surface area contributed by atoms with Crippen molar-refractivity contribution in [3.8, 4) is 0 Å². The number of piperazine rings is 1. The number of hydrogen-bond acceptors (Lipinski definition) is 6. The first kappa shape index (κ1) is 18.1. The predicted octanol–water partition coefficient (Wildman–Crippen LogP) is -0.417. The predicted molar refractivity (Wildman–Crippen MR) is 91.6 cm³/mol. The third kappa shape index (κ3) is 4.89. The van der Waals surface area contributed by atoms with E-state index in [9.17, 15) is 9.59 Å². The van der Waals surface area contributed by atoms with Crippen LogP contribution in [0.15, 0.2) is 18.5 Å². The van der Waals surface area contributed by atoms with Crippen molar-refractivity contribution in [3.63, 3.8) is 0 Å². The van der Waals surface area contributed by atoms with Crippen LogP contribution in [0.1, 0.15) is 13.8 Å². The van der Waals surface area contributed by atoms with Gasteiger partial charge in [0.1, 0.15) is 0 Å². The summed E-state index contributed by atoms with van der Waals surface area (Å²) in [6, 6.07) is 1.77. The number of amides is 2. The van der Waals surface area contributed by atoms with Gasteiger partial charge >= 0.3 is 11.8 Å². The summed E-state index contributed by atoms with van der Waals surface area (Å²) in [6.45, 7) is 9.52. The lowest BCUT2D eigenvalue weighted by Gasteiger charge is -2.34. The highest BCUT2D eigenvalue weighted by Gasteiger charge is 2.26. The third-order valence-electron chi connectivity index (χ3n) is 4.20. The molecule has 2 rings (SSSR count). The van der Waals surface area contributed by atoms with Gasteiger partial charge in [-0.1, -0.05) is 13.8 Å². The second kappa shape index (κ2) is 9.17. The molecule has 1 aromatic rings. The maximum Gasteiger partial charge on any atom is 0.312 e. The number of carbonyl (C=O) groups is 2. The van der Waals surface area contributed by atoms with Gasteiger partial charge in [-0.2, -0.15) is 0 Å². The number of likely N-dealkylation sites (N-methyl/N-ethyl adjacent to an activating group) is 1. The zero-order valence-electron chi connectivity index (χ0n) is 14.4. The monoisotopic (exact) mass is 334 g/mol. The number of aromatic nitrogens is 2. The van der Waals surface area contributed by atoms with E-state index in [1.54, 1.807) is 23.4 Å². The molecule has 132 valence electrons. The fourth-order valence-corrected chi connectivity index (χ4v) is 2.65. The lowest BCUT2D eigenvalue weighted by molar-refractivity contribution is -0.146. The van der Waals surface area contributed by atoms with Gasteiger partial charge in [0.05, 0.1) is 0 Å². The zero-order chi connectivity index (χ0) is 17.4. The van der Waals surface area contributed by atoms with Crippen LogP contribution >= 0.6 is 0 Å². The second-order valence-corrected chi connectivity index (χ2v) is 5.61. The third-order valence-corrected chi connectivity index (χ3v) is 4.20. The van der Waals surface area contributed by atoms with Gasteiger partial charge in [-0.3, -0.25) is 9.59 Å². The molecule has 8 nitrogen and oxygen atoms in total. The standard InChI is InChI=1S/C16H26N6O2/c1-3-20(4-2)9-8-17-14(23)15(24)21-10-12-22(13-11-21)16-18-6-5-7-19-16/h5-7H,3-4,8-13H2,1-2H3,(H,17,23). The van der Waals surface area contributed by atoms with Crippen molar-refractivity contribution < 1.29 is 9.59 Å². The van der Waals surface area contributed by atoms with Crippen molar-refractivity contribution in [1.82, 2.24) is 25.1 Å². The molecule has 1 aliphatic heterocycles. The molecule has 1 saturated heterocycles. The van der Waals surface area contributed by atoms with Gasteiger partial charge in [0.15, 0.2) is 0 Å². The Balaban J connectivity index is 1.75. The molecule has 8 heteroatoms. The van der Waals surface area contributed by atoms with Crippen LogP contribution in [0.25, 0.3) is 0 Å². The van der Waals surface area contributed by atoms with Crippen LogP contribution < -0.4 is 10.2 Å². The Labute approximate surface area is 142 Å². The van der Waals surface area contributed by atoms with E-state index in [-0.39, 0.29) is 0 Å². The molecular formula is C16H26N6O2. The summed E-state index contributed by atoms with van der Waals surface area (Å²) in [6.07, 6.45) is 3.40. The first-order valence-electron chi connectivity index (χ1n) is 8.47. The van der Waals surface area contributed by atoms with E-state index in [4.69, 9.17) is 0 Å². The highest BCUT2D eigenvalue weighted by molar-refractivity contribution is 6.35. The highest BCUT2D eigenvalue weighted by atomic mass is 16.2. The SMILES string of the molecule is CCN(CC)CCNC(=O)C(=O)N1CCN(c2ncccn2)CC1. The molecular weight excluding hydrogens is 308 g/mol. The summed E-state index contributed by atoms with van der Waals surface area (Å²) in [5.74, 6) is -0.317. The van der Waals surface area contributed by atoms with Crippen LogP contribution in [0.5, 0.6) is 0 Å². The smallest absolute Gasteiger partial charge is 0.312 e. The molecule has 1 fully saturated rings. The molecule has 0 spiro atoms. The molecule has 0 unspecified atom stereocenters. The highest BCUT2D eigenvalue weighted by Crippen LogP contribution is 2.09. The van der Waals surface area contributed by atoms with E-state index in [2.05, 4.69) is 34.0 Å². The van der Waals surface area contributed by atoms with Crippen molar-refractivity contribution in [1.29, 1.82) is 0 Å². The fraction of sp³-hybridized carbons (Fsp3) is 0.625. The number of hydrogen-bond donors (Lipinski definition) is 1. The summed E-state index contributed by atoms with van der Waals surface area (Å²) >= 11 is 0. The quantitative estimate of drug-likeness (QED) is 0.712. The van der Waals surface area contributed by atoms with E-state index >= 15 is 0 Å². The van der Waals surface area contributed by atoms with Gasteiger partial charge in [0.2, 0.25) is 5.95 Å². The first-order chi connectivity index (χ1) is 11.7. The molecule has 0 bridgehead atoms. The van der Waals surface area contributed by atoms with Gasteiger partial charge in [-0.25, -0.2) is 9.97 Å².